The summed E-state index contributed by atoms with van der Waals surface area (Å²) in [6.07, 6.45) is 5.00. The number of aromatic nitrogens is 2. The number of aliphatic hydroxyl groups is 1. The number of hydrogen-bond acceptors (Lipinski definition) is 12. The molecule has 3 aromatic carbocycles. The molecule has 0 radical (unpaired) electrons. The van der Waals surface area contributed by atoms with Crippen LogP contribution in [0, 0.1) is 11.6 Å². The van der Waals surface area contributed by atoms with Crippen molar-refractivity contribution in [3.05, 3.63) is 111 Å². The molecule has 6 rings (SSSR count). The number of para-hydroxylation sites is 1. The van der Waals surface area contributed by atoms with E-state index in [-0.39, 0.29) is 45.7 Å². The van der Waals surface area contributed by atoms with Crippen molar-refractivity contribution in [3.8, 4) is 0 Å². The van der Waals surface area contributed by atoms with Crippen LogP contribution < -0.4 is 16.0 Å². The summed E-state index contributed by atoms with van der Waals surface area (Å²) in [6.45, 7) is 0.443. The van der Waals surface area contributed by atoms with Crippen LogP contribution in [0.2, 0.25) is 0 Å². The second-order valence-corrected chi connectivity index (χ2v) is 17.1. The van der Waals surface area contributed by atoms with Crippen LogP contribution in [0.3, 0.4) is 0 Å². The fraction of sp³-hybridized carbons (Fsp3) is 0.242. The number of amides is 1. The van der Waals surface area contributed by atoms with Gasteiger partial charge in [-0.2, -0.15) is 0 Å². The van der Waals surface area contributed by atoms with Crippen LogP contribution in [0.1, 0.15) is 28.4 Å². The SMILES string of the molecule is Nc1ccc(S(=O)(=O)Cc2nccs2)cc1F.O=C(Nc1ccc(S(=O)(=O)Cc2nccs2)cc1F)[C@H](CCO)N1CCCc2ccccc21. The lowest BCUT2D eigenvalue weighted by Crippen LogP contribution is -2.47. The molecule has 0 saturated heterocycles. The van der Waals surface area contributed by atoms with Crippen molar-refractivity contribution >= 4 is 65.3 Å². The highest BCUT2D eigenvalue weighted by atomic mass is 32.2. The number of fused-ring (bicyclic) bond motifs is 1. The number of nitrogens with one attached hydrogen (secondary N) is 1. The van der Waals surface area contributed by atoms with Crippen LogP contribution >= 0.6 is 22.7 Å². The second-order valence-electron chi connectivity index (χ2n) is 11.1. The first-order valence-corrected chi connectivity index (χ1v) is 20.3. The molecule has 5 aromatic rings. The van der Waals surface area contributed by atoms with E-state index in [0.29, 0.717) is 16.6 Å². The van der Waals surface area contributed by atoms with E-state index in [1.54, 1.807) is 10.8 Å². The molecule has 2 aromatic heterocycles. The van der Waals surface area contributed by atoms with E-state index >= 15 is 0 Å². The quantitative estimate of drug-likeness (QED) is 0.151. The molecule has 1 aliphatic rings. The van der Waals surface area contributed by atoms with Crippen molar-refractivity contribution in [3.63, 3.8) is 0 Å². The summed E-state index contributed by atoms with van der Waals surface area (Å²) in [7, 11) is -7.34. The highest BCUT2D eigenvalue weighted by Crippen LogP contribution is 2.30. The maximum absolute atomic E-state index is 14.8. The lowest BCUT2D eigenvalue weighted by Gasteiger charge is -2.37. The number of aryl methyl sites for hydroxylation is 1. The highest BCUT2D eigenvalue weighted by molar-refractivity contribution is 7.91. The Morgan fingerprint density at radius 2 is 1.50 bits per heavy atom. The van der Waals surface area contributed by atoms with E-state index < -0.39 is 43.3 Å². The zero-order chi connectivity index (χ0) is 35.9. The molecule has 17 heteroatoms. The topological polar surface area (TPSA) is 173 Å². The van der Waals surface area contributed by atoms with Crippen LogP contribution in [0.5, 0.6) is 0 Å². The van der Waals surface area contributed by atoms with Crippen molar-refractivity contribution in [2.45, 2.75) is 46.6 Å². The van der Waals surface area contributed by atoms with Gasteiger partial charge in [-0.1, -0.05) is 18.2 Å². The fourth-order valence-electron chi connectivity index (χ4n) is 5.29. The smallest absolute Gasteiger partial charge is 0.247 e. The number of aliphatic hydroxyl groups excluding tert-OH is 1. The number of anilines is 3. The van der Waals surface area contributed by atoms with Gasteiger partial charge in [-0.3, -0.25) is 4.79 Å². The molecule has 0 bridgehead atoms. The second kappa shape index (κ2) is 16.2. The van der Waals surface area contributed by atoms with Gasteiger partial charge in [-0.05, 0) is 67.3 Å². The molecule has 4 N–H and O–H groups in total. The average Bonchev–Trinajstić information content (AvgIpc) is 3.80. The summed E-state index contributed by atoms with van der Waals surface area (Å²) < 4.78 is 77.0. The van der Waals surface area contributed by atoms with Crippen molar-refractivity contribution < 1.29 is 35.5 Å². The number of nitrogens with two attached hydrogens (primary N) is 1. The summed E-state index contributed by atoms with van der Waals surface area (Å²) in [6, 6.07) is 14.0. The zero-order valence-electron chi connectivity index (χ0n) is 26.4. The molecule has 0 aliphatic carbocycles. The predicted molar refractivity (Wildman–Crippen MR) is 189 cm³/mol. The van der Waals surface area contributed by atoms with Gasteiger partial charge in [0.05, 0.1) is 21.2 Å². The molecule has 0 saturated carbocycles. The van der Waals surface area contributed by atoms with Crippen LogP contribution in [-0.2, 0) is 42.4 Å². The van der Waals surface area contributed by atoms with Gasteiger partial charge in [0.25, 0.3) is 0 Å². The largest absolute Gasteiger partial charge is 0.396 e. The Morgan fingerprint density at radius 3 is 2.06 bits per heavy atom. The normalized spacial score (nSPS) is 13.5. The summed E-state index contributed by atoms with van der Waals surface area (Å²) >= 11 is 2.45. The highest BCUT2D eigenvalue weighted by Gasteiger charge is 2.30. The number of nitrogen functional groups attached to an aromatic ring is 1. The standard InChI is InChI=1S/C23H24FN3O4S2.C10H9FN2O2S2/c24-18-14-17(33(30,31)15-22-25-10-13-32-22)7-8-19(18)26-23(29)21(9-12-28)27-11-3-5-16-4-1-2-6-20(16)27;11-8-5-7(1-2-9(8)12)17(14,15)6-10-13-3-4-16-10/h1-2,4,6-8,10,13-14,21,28H,3,5,9,11-12,15H2,(H,26,29);1-5H,6,12H2/t21-;/m0./s1. The van der Waals surface area contributed by atoms with Gasteiger partial charge in [0.1, 0.15) is 39.2 Å². The summed E-state index contributed by atoms with van der Waals surface area (Å²) in [5, 5.41) is 16.4. The Hall–Kier alpha value is -4.29. The Kier molecular flexibility index (Phi) is 11.9. The van der Waals surface area contributed by atoms with Gasteiger partial charge in [0, 0.05) is 42.0 Å². The fourth-order valence-corrected chi connectivity index (χ4v) is 9.81. The first-order chi connectivity index (χ1) is 23.9. The Balaban J connectivity index is 0.000000240. The minimum absolute atomic E-state index is 0.0711. The monoisotopic (exact) mass is 761 g/mol. The van der Waals surface area contributed by atoms with Gasteiger partial charge < -0.3 is 21.1 Å². The third-order valence-electron chi connectivity index (χ3n) is 7.71. The molecular weight excluding hydrogens is 729 g/mol. The maximum Gasteiger partial charge on any atom is 0.247 e. The first kappa shape index (κ1) is 37.0. The maximum atomic E-state index is 14.8. The van der Waals surface area contributed by atoms with Gasteiger partial charge in [0.2, 0.25) is 5.91 Å². The third kappa shape index (κ3) is 9.08. The minimum Gasteiger partial charge on any atom is -0.396 e. The van der Waals surface area contributed by atoms with E-state index in [0.717, 1.165) is 36.2 Å². The minimum atomic E-state index is -3.77. The van der Waals surface area contributed by atoms with Crippen LogP contribution in [-0.4, -0.2) is 57.0 Å². The molecule has 0 unspecified atom stereocenters. The molecule has 0 spiro atoms. The number of carbonyl (C=O) groups is 1. The number of carbonyl (C=O) groups excluding carboxylic acids is 1. The number of benzene rings is 3. The Morgan fingerprint density at radius 1 is 0.900 bits per heavy atom. The van der Waals surface area contributed by atoms with Crippen molar-refractivity contribution in [1.82, 2.24) is 9.97 Å². The number of halogens is 2. The molecular formula is C33H33F2N5O6S4. The van der Waals surface area contributed by atoms with Crippen LogP contribution in [0.4, 0.5) is 25.8 Å². The van der Waals surface area contributed by atoms with Gasteiger partial charge in [-0.25, -0.2) is 35.6 Å². The van der Waals surface area contributed by atoms with Crippen molar-refractivity contribution in [1.29, 1.82) is 0 Å². The van der Waals surface area contributed by atoms with Gasteiger partial charge >= 0.3 is 0 Å². The van der Waals surface area contributed by atoms with E-state index in [4.69, 9.17) is 5.73 Å². The molecule has 3 heterocycles. The van der Waals surface area contributed by atoms with Gasteiger partial charge in [-0.15, -0.1) is 22.7 Å². The van der Waals surface area contributed by atoms with Gasteiger partial charge in [0.15, 0.2) is 19.7 Å². The van der Waals surface area contributed by atoms with Crippen LogP contribution in [0.25, 0.3) is 0 Å². The Bertz CT molecular complexity index is 2150. The molecule has 1 atom stereocenters. The summed E-state index contributed by atoms with van der Waals surface area (Å²) in [5.41, 5.74) is 7.16. The summed E-state index contributed by atoms with van der Waals surface area (Å²) in [4.78, 5) is 22.6. The molecule has 1 amide bonds. The van der Waals surface area contributed by atoms with E-state index in [1.807, 2.05) is 29.2 Å². The van der Waals surface area contributed by atoms with E-state index in [9.17, 15) is 35.5 Å². The number of thiazole rings is 2. The van der Waals surface area contributed by atoms with Crippen LogP contribution in [0.15, 0.2) is 93.6 Å². The van der Waals surface area contributed by atoms with Crippen molar-refractivity contribution in [2.24, 2.45) is 0 Å². The third-order valence-corrected chi connectivity index (χ3v) is 12.9. The molecule has 1 aliphatic heterocycles. The molecule has 11 nitrogen and oxygen atoms in total. The number of hydrogen-bond donors (Lipinski definition) is 3. The predicted octanol–water partition coefficient (Wildman–Crippen LogP) is 5.24. The average molecular weight is 762 g/mol. The summed E-state index contributed by atoms with van der Waals surface area (Å²) in [5.74, 6) is -2.58. The van der Waals surface area contributed by atoms with E-state index in [1.165, 1.54) is 59.3 Å². The first-order valence-electron chi connectivity index (χ1n) is 15.2. The van der Waals surface area contributed by atoms with Crippen molar-refractivity contribution in [2.75, 3.05) is 29.1 Å². The Labute approximate surface area is 296 Å². The lowest BCUT2D eigenvalue weighted by atomic mass is 9.98. The van der Waals surface area contributed by atoms with E-state index in [2.05, 4.69) is 15.3 Å². The number of sulfone groups is 2. The zero-order valence-corrected chi connectivity index (χ0v) is 29.7. The molecule has 264 valence electrons. The molecule has 0 fully saturated rings. The lowest BCUT2D eigenvalue weighted by molar-refractivity contribution is -0.117. The number of rotatable bonds is 11. The number of nitrogens with zero attached hydrogens (tertiary/aromatic N) is 3. The molecule has 50 heavy (non-hydrogen) atoms.